The molecule has 5 heteroatoms. The Kier molecular flexibility index (Phi) is 4.39. The first-order chi connectivity index (χ1) is 9.49. The van der Waals surface area contributed by atoms with Crippen LogP contribution in [-0.4, -0.2) is 53.0 Å². The van der Waals surface area contributed by atoms with E-state index in [1.54, 1.807) is 11.8 Å². The van der Waals surface area contributed by atoms with Gasteiger partial charge in [-0.3, -0.25) is 14.5 Å². The second-order valence-corrected chi connectivity index (χ2v) is 5.20. The Hall–Kier alpha value is -1.88. The van der Waals surface area contributed by atoms with E-state index in [1.807, 2.05) is 36.1 Å². The average molecular weight is 276 g/mol. The number of carbonyl (C=O) groups excluding carboxylic acids is 1. The summed E-state index contributed by atoms with van der Waals surface area (Å²) in [6.45, 7) is 5.85. The summed E-state index contributed by atoms with van der Waals surface area (Å²) in [5, 5.41) is 9.52. The van der Waals surface area contributed by atoms with Gasteiger partial charge in [0.25, 0.3) is 0 Å². The Bertz CT molecular complexity index is 508. The Morgan fingerprint density at radius 3 is 2.35 bits per heavy atom. The van der Waals surface area contributed by atoms with Crippen LogP contribution in [0, 0.1) is 6.92 Å². The number of carbonyl (C=O) groups is 2. The third kappa shape index (κ3) is 3.17. The number of aliphatic carboxylic acids is 1. The van der Waals surface area contributed by atoms with Gasteiger partial charge in [-0.05, 0) is 12.5 Å². The molecule has 1 aromatic carbocycles. The first-order valence-corrected chi connectivity index (χ1v) is 6.78. The zero-order chi connectivity index (χ0) is 14.7. The summed E-state index contributed by atoms with van der Waals surface area (Å²) >= 11 is 0. The minimum absolute atomic E-state index is 0.0482. The van der Waals surface area contributed by atoms with Gasteiger partial charge in [0, 0.05) is 33.1 Å². The van der Waals surface area contributed by atoms with Gasteiger partial charge >= 0.3 is 5.97 Å². The second-order valence-electron chi connectivity index (χ2n) is 5.20. The highest BCUT2D eigenvalue weighted by molar-refractivity contribution is 5.76. The summed E-state index contributed by atoms with van der Waals surface area (Å²) in [7, 11) is 0. The number of rotatable bonds is 3. The Morgan fingerprint density at radius 1 is 1.20 bits per heavy atom. The van der Waals surface area contributed by atoms with Crippen molar-refractivity contribution in [2.24, 2.45) is 0 Å². The van der Waals surface area contributed by atoms with Crippen LogP contribution in [0.2, 0.25) is 0 Å². The van der Waals surface area contributed by atoms with Crippen molar-refractivity contribution in [3.63, 3.8) is 0 Å². The van der Waals surface area contributed by atoms with Gasteiger partial charge in [-0.15, -0.1) is 0 Å². The van der Waals surface area contributed by atoms with Crippen molar-refractivity contribution < 1.29 is 14.7 Å². The lowest BCUT2D eigenvalue weighted by Crippen LogP contribution is -2.50. The average Bonchev–Trinajstić information content (AvgIpc) is 2.39. The second kappa shape index (κ2) is 6.05. The molecule has 1 saturated heterocycles. The molecule has 0 spiro atoms. The number of aryl methyl sites for hydroxylation is 1. The summed E-state index contributed by atoms with van der Waals surface area (Å²) in [6.07, 6.45) is 0. The highest BCUT2D eigenvalue weighted by Crippen LogP contribution is 2.23. The fourth-order valence-electron chi connectivity index (χ4n) is 2.64. The first kappa shape index (κ1) is 14.5. The molecule has 0 aromatic heterocycles. The molecule has 5 nitrogen and oxygen atoms in total. The minimum Gasteiger partial charge on any atom is -0.480 e. The topological polar surface area (TPSA) is 60.9 Å². The Labute approximate surface area is 118 Å². The number of piperazine rings is 1. The van der Waals surface area contributed by atoms with E-state index in [1.165, 1.54) is 0 Å². The van der Waals surface area contributed by atoms with Crippen molar-refractivity contribution in [1.82, 2.24) is 9.80 Å². The van der Waals surface area contributed by atoms with Gasteiger partial charge in [-0.2, -0.15) is 0 Å². The highest BCUT2D eigenvalue weighted by atomic mass is 16.4. The van der Waals surface area contributed by atoms with E-state index < -0.39 is 12.0 Å². The van der Waals surface area contributed by atoms with Crippen molar-refractivity contribution >= 4 is 11.9 Å². The van der Waals surface area contributed by atoms with E-state index in [0.717, 1.165) is 11.1 Å². The summed E-state index contributed by atoms with van der Waals surface area (Å²) in [4.78, 5) is 26.6. The van der Waals surface area contributed by atoms with E-state index in [-0.39, 0.29) is 5.91 Å². The first-order valence-electron chi connectivity index (χ1n) is 6.78. The number of benzene rings is 1. The van der Waals surface area contributed by atoms with Crippen LogP contribution in [-0.2, 0) is 9.59 Å². The molecule has 0 radical (unpaired) electrons. The molecule has 0 saturated carbocycles. The monoisotopic (exact) mass is 276 g/mol. The third-order valence-electron chi connectivity index (χ3n) is 3.72. The van der Waals surface area contributed by atoms with Gasteiger partial charge in [0.05, 0.1) is 0 Å². The fraction of sp³-hybridized carbons (Fsp3) is 0.467. The van der Waals surface area contributed by atoms with Crippen LogP contribution in [0.5, 0.6) is 0 Å². The maximum atomic E-state index is 11.6. The lowest BCUT2D eigenvalue weighted by molar-refractivity contribution is -0.145. The normalized spacial score (nSPS) is 17.8. The van der Waals surface area contributed by atoms with Crippen molar-refractivity contribution in [2.75, 3.05) is 26.2 Å². The minimum atomic E-state index is -0.841. The SMILES string of the molecule is CC(=O)N1CCN(C(C(=O)O)c2cccc(C)c2)CC1. The molecule has 1 aromatic rings. The largest absolute Gasteiger partial charge is 0.480 e. The number of hydrogen-bond acceptors (Lipinski definition) is 3. The van der Waals surface area contributed by atoms with Crippen molar-refractivity contribution in [3.05, 3.63) is 35.4 Å². The van der Waals surface area contributed by atoms with E-state index >= 15 is 0 Å². The van der Waals surface area contributed by atoms with Gasteiger partial charge < -0.3 is 10.0 Å². The third-order valence-corrected chi connectivity index (χ3v) is 3.72. The van der Waals surface area contributed by atoms with Crippen LogP contribution >= 0.6 is 0 Å². The lowest BCUT2D eigenvalue weighted by Gasteiger charge is -2.37. The molecular formula is C15H20N2O3. The van der Waals surface area contributed by atoms with E-state index in [2.05, 4.69) is 0 Å². The van der Waals surface area contributed by atoms with Gasteiger partial charge in [-0.25, -0.2) is 0 Å². The molecule has 1 unspecified atom stereocenters. The molecule has 108 valence electrons. The molecule has 0 bridgehead atoms. The summed E-state index contributed by atoms with van der Waals surface area (Å²) < 4.78 is 0. The number of carboxylic acids is 1. The standard InChI is InChI=1S/C15H20N2O3/c1-11-4-3-5-13(10-11)14(15(19)20)17-8-6-16(7-9-17)12(2)18/h3-5,10,14H,6-9H2,1-2H3,(H,19,20). The molecule has 1 aliphatic rings. The highest BCUT2D eigenvalue weighted by Gasteiger charge is 2.30. The van der Waals surface area contributed by atoms with E-state index in [9.17, 15) is 14.7 Å². The van der Waals surface area contributed by atoms with Crippen LogP contribution < -0.4 is 0 Å². The number of amides is 1. The van der Waals surface area contributed by atoms with Crippen LogP contribution in [0.25, 0.3) is 0 Å². The van der Waals surface area contributed by atoms with Crippen LogP contribution in [0.3, 0.4) is 0 Å². The molecule has 1 N–H and O–H groups in total. The Balaban J connectivity index is 2.15. The van der Waals surface area contributed by atoms with Crippen molar-refractivity contribution in [2.45, 2.75) is 19.9 Å². The van der Waals surface area contributed by atoms with Crippen LogP contribution in [0.4, 0.5) is 0 Å². The fourth-order valence-corrected chi connectivity index (χ4v) is 2.64. The molecule has 1 fully saturated rings. The molecule has 1 heterocycles. The summed E-state index contributed by atoms with van der Waals surface area (Å²) in [5.74, 6) is -0.793. The van der Waals surface area contributed by atoms with Gasteiger partial charge in [0.2, 0.25) is 5.91 Å². The molecule has 0 aliphatic carbocycles. The smallest absolute Gasteiger partial charge is 0.325 e. The molecular weight excluding hydrogens is 256 g/mol. The molecule has 20 heavy (non-hydrogen) atoms. The summed E-state index contributed by atoms with van der Waals surface area (Å²) in [6, 6.07) is 6.96. The van der Waals surface area contributed by atoms with E-state index in [0.29, 0.717) is 26.2 Å². The van der Waals surface area contributed by atoms with Gasteiger partial charge in [0.1, 0.15) is 6.04 Å². The molecule has 1 amide bonds. The predicted molar refractivity (Wildman–Crippen MR) is 75.4 cm³/mol. The van der Waals surface area contributed by atoms with Gasteiger partial charge in [0.15, 0.2) is 0 Å². The van der Waals surface area contributed by atoms with Crippen molar-refractivity contribution in [3.8, 4) is 0 Å². The molecule has 2 rings (SSSR count). The zero-order valence-corrected chi connectivity index (χ0v) is 11.9. The van der Waals surface area contributed by atoms with Crippen LogP contribution in [0.1, 0.15) is 24.1 Å². The quantitative estimate of drug-likeness (QED) is 0.903. The van der Waals surface area contributed by atoms with E-state index in [4.69, 9.17) is 0 Å². The van der Waals surface area contributed by atoms with Crippen LogP contribution in [0.15, 0.2) is 24.3 Å². The number of hydrogen-bond donors (Lipinski definition) is 1. The van der Waals surface area contributed by atoms with Gasteiger partial charge in [-0.1, -0.05) is 29.8 Å². The van der Waals surface area contributed by atoms with Crippen molar-refractivity contribution in [1.29, 1.82) is 0 Å². The lowest BCUT2D eigenvalue weighted by atomic mass is 10.0. The zero-order valence-electron chi connectivity index (χ0n) is 11.9. The molecule has 1 aliphatic heterocycles. The molecule has 1 atom stereocenters. The predicted octanol–water partition coefficient (Wildman–Crippen LogP) is 1.28. The summed E-state index contributed by atoms with van der Waals surface area (Å²) in [5.41, 5.74) is 1.85. The number of nitrogens with zero attached hydrogens (tertiary/aromatic N) is 2. The maximum absolute atomic E-state index is 11.6. The number of carboxylic acid groups (broad SMARTS) is 1. The Morgan fingerprint density at radius 2 is 1.85 bits per heavy atom. The maximum Gasteiger partial charge on any atom is 0.325 e.